The number of nitrogens with zero attached hydrogens (tertiary/aromatic N) is 3. The second kappa shape index (κ2) is 6.78. The number of anilines is 2. The van der Waals surface area contributed by atoms with Gasteiger partial charge in [-0.1, -0.05) is 25.5 Å². The Bertz CT molecular complexity index is 1250. The van der Waals surface area contributed by atoms with E-state index in [2.05, 4.69) is 0 Å². The number of hydrogen-bond donors (Lipinski definition) is 0. The van der Waals surface area contributed by atoms with Crippen LogP contribution >= 0.6 is 22.4 Å². The van der Waals surface area contributed by atoms with E-state index >= 15 is 0 Å². The molecule has 1 heterocycles. The molecule has 0 bridgehead atoms. The minimum Gasteiger partial charge on any atom is -0.303 e. The molecule has 1 amide bonds. The first-order chi connectivity index (χ1) is 15.1. The Kier molecular flexibility index (Phi) is 5.10. The lowest BCUT2D eigenvalue weighted by atomic mass is 10.0. The van der Waals surface area contributed by atoms with Crippen molar-refractivity contribution in [3.8, 4) is 0 Å². The van der Waals surface area contributed by atoms with E-state index in [1.54, 1.807) is 0 Å². The molecular formula is C18H13F8N3O3S2. The molecule has 6 nitrogen and oxygen atoms in total. The van der Waals surface area contributed by atoms with Crippen LogP contribution in [0.4, 0.5) is 49.7 Å². The number of nitro groups is 1. The van der Waals surface area contributed by atoms with Crippen LogP contribution in [-0.4, -0.2) is 21.5 Å². The van der Waals surface area contributed by atoms with Gasteiger partial charge >= 0.3 is 16.4 Å². The Labute approximate surface area is 191 Å². The summed E-state index contributed by atoms with van der Waals surface area (Å²) in [5.41, 5.74) is -5.97. The maximum Gasteiger partial charge on any atom is 0.418 e. The van der Waals surface area contributed by atoms with Crippen LogP contribution in [0, 0.1) is 10.1 Å². The van der Waals surface area contributed by atoms with Crippen molar-refractivity contribution in [1.29, 1.82) is 0 Å². The highest BCUT2D eigenvalue weighted by Crippen LogP contribution is 3.02. The molecule has 0 spiro atoms. The summed E-state index contributed by atoms with van der Waals surface area (Å²) in [5.74, 6) is -1.13. The van der Waals surface area contributed by atoms with Gasteiger partial charge in [0.15, 0.2) is 5.11 Å². The fourth-order valence-corrected chi connectivity index (χ4v) is 4.56. The second-order valence-electron chi connectivity index (χ2n) is 7.74. The molecule has 0 aromatic heterocycles. The molecule has 0 atom stereocenters. The van der Waals surface area contributed by atoms with Gasteiger partial charge in [0.1, 0.15) is 10.4 Å². The van der Waals surface area contributed by atoms with E-state index in [1.807, 2.05) is 0 Å². The first-order valence-corrected chi connectivity index (χ1v) is 11.3. The molecule has 16 heteroatoms. The highest BCUT2D eigenvalue weighted by atomic mass is 32.5. The van der Waals surface area contributed by atoms with Gasteiger partial charge in [0.05, 0.1) is 16.2 Å². The molecule has 1 aliphatic heterocycles. The number of benzene rings is 2. The molecule has 34 heavy (non-hydrogen) atoms. The van der Waals surface area contributed by atoms with Crippen molar-refractivity contribution in [2.75, 3.05) is 9.80 Å². The van der Waals surface area contributed by atoms with Gasteiger partial charge in [-0.15, -0.1) is 0 Å². The number of carbonyl (C=O) groups excluding carboxylic acids is 1. The summed E-state index contributed by atoms with van der Waals surface area (Å²) in [6.45, 7) is 2.24. The van der Waals surface area contributed by atoms with Gasteiger partial charge in [-0.25, -0.2) is 0 Å². The van der Waals surface area contributed by atoms with Crippen molar-refractivity contribution in [2.24, 2.45) is 0 Å². The predicted molar refractivity (Wildman–Crippen MR) is 113 cm³/mol. The van der Waals surface area contributed by atoms with Crippen LogP contribution in [0.15, 0.2) is 47.4 Å². The van der Waals surface area contributed by atoms with Crippen molar-refractivity contribution in [1.82, 2.24) is 0 Å². The smallest absolute Gasteiger partial charge is 0.303 e. The molecule has 1 saturated heterocycles. The molecule has 0 aliphatic carbocycles. The van der Waals surface area contributed by atoms with Crippen LogP contribution in [0.5, 0.6) is 0 Å². The molecule has 0 radical (unpaired) electrons. The number of nitro benzene ring substituents is 1. The normalized spacial score (nSPS) is 18.6. The highest BCUT2D eigenvalue weighted by Gasteiger charge is 2.65. The lowest BCUT2D eigenvalue weighted by Gasteiger charge is -2.41. The van der Waals surface area contributed by atoms with E-state index in [1.165, 1.54) is 0 Å². The van der Waals surface area contributed by atoms with Gasteiger partial charge in [-0.05, 0) is 50.3 Å². The van der Waals surface area contributed by atoms with E-state index in [0.717, 1.165) is 19.9 Å². The summed E-state index contributed by atoms with van der Waals surface area (Å²) >= 11 is 5.08. The fourth-order valence-electron chi connectivity index (χ4n) is 3.36. The number of alkyl halides is 3. The number of carbonyl (C=O) groups is 1. The van der Waals surface area contributed by atoms with Crippen LogP contribution in [0.25, 0.3) is 0 Å². The summed E-state index contributed by atoms with van der Waals surface area (Å²) in [5, 5.41) is 10.2. The van der Waals surface area contributed by atoms with Gasteiger partial charge in [-0.2, -0.15) is 13.2 Å². The number of halogens is 8. The highest BCUT2D eigenvalue weighted by molar-refractivity contribution is 8.45. The van der Waals surface area contributed by atoms with Crippen LogP contribution in [0.3, 0.4) is 0 Å². The van der Waals surface area contributed by atoms with Gasteiger partial charge in [0.2, 0.25) is 0 Å². The van der Waals surface area contributed by atoms with E-state index in [-0.39, 0.29) is 18.2 Å². The van der Waals surface area contributed by atoms with Gasteiger partial charge in [-0.3, -0.25) is 19.8 Å². The molecule has 3 rings (SSSR count). The zero-order valence-corrected chi connectivity index (χ0v) is 18.6. The topological polar surface area (TPSA) is 66.7 Å². The second-order valence-corrected chi connectivity index (χ2v) is 10.5. The lowest BCUT2D eigenvalue weighted by molar-refractivity contribution is -0.385. The average Bonchev–Trinajstić information content (AvgIpc) is 2.83. The zero-order valence-electron chi connectivity index (χ0n) is 16.9. The quantitative estimate of drug-likeness (QED) is 0.180. The van der Waals surface area contributed by atoms with Crippen molar-refractivity contribution in [3.63, 3.8) is 0 Å². The third-order valence-electron chi connectivity index (χ3n) is 4.93. The van der Waals surface area contributed by atoms with Crippen LogP contribution in [0.2, 0.25) is 0 Å². The fraction of sp³-hybridized carbons (Fsp3) is 0.222. The van der Waals surface area contributed by atoms with Gasteiger partial charge < -0.3 is 4.90 Å². The Morgan fingerprint density at radius 3 is 2.12 bits per heavy atom. The first-order valence-electron chi connectivity index (χ1n) is 8.94. The number of non-ortho nitro benzene ring substituents is 1. The largest absolute Gasteiger partial charge is 0.418 e. The Balaban J connectivity index is 2.20. The third kappa shape index (κ3) is 4.38. The molecule has 2 aromatic carbocycles. The summed E-state index contributed by atoms with van der Waals surface area (Å²) in [7, 11) is -10.1. The molecule has 1 aliphatic rings. The maximum atomic E-state index is 13.7. The minimum atomic E-state index is -10.1. The standard InChI is InChI=1S/C18H13F8N3O3S2/c1-17(2)15(30)27(14-7-6-11(29(31)32)9-13(14)18(19,20)21)16(33)28(17)10-4-3-5-12(8-10)34(22,23,24,25)26/h3-9H,1-2H3. The Morgan fingerprint density at radius 1 is 1.03 bits per heavy atom. The summed E-state index contributed by atoms with van der Waals surface area (Å²) < 4.78 is 107. The van der Waals surface area contributed by atoms with Crippen molar-refractivity contribution in [2.45, 2.75) is 30.5 Å². The number of hydrogen-bond acceptors (Lipinski definition) is 4. The lowest BCUT2D eigenvalue weighted by Crippen LogP contribution is -2.44. The number of rotatable bonds is 4. The molecule has 0 unspecified atom stereocenters. The SMILES string of the molecule is CC1(C)C(=O)N(c2ccc([N+](=O)[O-])cc2C(F)(F)F)C(=S)N1c1cccc(S(F)(F)(F)(F)F)c1. The molecular weight excluding hydrogens is 522 g/mol. The zero-order chi connectivity index (χ0) is 26.1. The predicted octanol–water partition coefficient (Wildman–Crippen LogP) is 7.19. The van der Waals surface area contributed by atoms with Crippen LogP contribution in [-0.2, 0) is 11.0 Å². The van der Waals surface area contributed by atoms with Crippen molar-refractivity contribution >= 4 is 50.5 Å². The minimum absolute atomic E-state index is 0.0485. The van der Waals surface area contributed by atoms with E-state index in [4.69, 9.17) is 12.2 Å². The number of amides is 1. The Hall–Kier alpha value is -3.01. The molecule has 2 aromatic rings. The van der Waals surface area contributed by atoms with E-state index < -0.39 is 65.4 Å². The monoisotopic (exact) mass is 535 g/mol. The molecule has 0 saturated carbocycles. The van der Waals surface area contributed by atoms with Crippen molar-refractivity contribution in [3.05, 3.63) is 58.1 Å². The van der Waals surface area contributed by atoms with E-state index in [9.17, 15) is 47.5 Å². The Morgan fingerprint density at radius 2 is 1.62 bits per heavy atom. The van der Waals surface area contributed by atoms with Gasteiger partial charge in [0.25, 0.3) is 11.6 Å². The van der Waals surface area contributed by atoms with Crippen molar-refractivity contribution < 1.29 is 42.3 Å². The summed E-state index contributed by atoms with van der Waals surface area (Å²) in [6, 6.07) is 3.22. The molecule has 1 fully saturated rings. The summed E-state index contributed by atoms with van der Waals surface area (Å²) in [6.07, 6.45) is -5.18. The molecule has 0 N–H and O–H groups in total. The third-order valence-corrected chi connectivity index (χ3v) is 6.44. The number of thiocarbonyl (C=S) groups is 1. The van der Waals surface area contributed by atoms with Crippen LogP contribution in [0.1, 0.15) is 19.4 Å². The summed E-state index contributed by atoms with van der Waals surface area (Å²) in [4.78, 5) is 21.7. The maximum absolute atomic E-state index is 13.7. The van der Waals surface area contributed by atoms with Gasteiger partial charge in [0, 0.05) is 17.8 Å². The first kappa shape index (κ1) is 25.6. The molecule has 186 valence electrons. The van der Waals surface area contributed by atoms with Crippen LogP contribution < -0.4 is 9.80 Å². The van der Waals surface area contributed by atoms with E-state index in [0.29, 0.717) is 28.0 Å². The average molecular weight is 535 g/mol.